The van der Waals surface area contributed by atoms with E-state index in [9.17, 15) is 9.59 Å². The number of carbonyl (C=O) groups excluding carboxylic acids is 2. The lowest BCUT2D eigenvalue weighted by atomic mass is 10.3. The molecule has 0 aromatic carbocycles. The van der Waals surface area contributed by atoms with Crippen molar-refractivity contribution in [3.05, 3.63) is 11.6 Å². The number of methoxy groups -OCH3 is 1. The molecular formula is C8H12O4. The van der Waals surface area contributed by atoms with E-state index < -0.39 is 11.9 Å². The monoisotopic (exact) mass is 172 g/mol. The quantitative estimate of drug-likeness (QED) is 0.463. The van der Waals surface area contributed by atoms with Crippen molar-refractivity contribution in [2.45, 2.75) is 13.8 Å². The largest absolute Gasteiger partial charge is 0.466 e. The Morgan fingerprint density at radius 3 is 2.42 bits per heavy atom. The molecule has 0 radical (unpaired) electrons. The van der Waals surface area contributed by atoms with Gasteiger partial charge in [-0.1, -0.05) is 0 Å². The van der Waals surface area contributed by atoms with Gasteiger partial charge in [0, 0.05) is 11.6 Å². The van der Waals surface area contributed by atoms with Crippen LogP contribution >= 0.6 is 0 Å². The van der Waals surface area contributed by atoms with Gasteiger partial charge in [-0.25, -0.2) is 9.59 Å². The van der Waals surface area contributed by atoms with E-state index in [1.54, 1.807) is 6.92 Å². The molecule has 4 nitrogen and oxygen atoms in total. The van der Waals surface area contributed by atoms with Crippen molar-refractivity contribution in [1.82, 2.24) is 0 Å². The molecule has 0 bridgehead atoms. The Hall–Kier alpha value is -1.32. The second-order valence-corrected chi connectivity index (χ2v) is 2.07. The summed E-state index contributed by atoms with van der Waals surface area (Å²) in [5.41, 5.74) is 0.240. The Kier molecular flexibility index (Phi) is 4.76. The number of hydrogen-bond donors (Lipinski definition) is 0. The zero-order chi connectivity index (χ0) is 9.56. The van der Waals surface area contributed by atoms with Crippen LogP contribution in [0.15, 0.2) is 11.6 Å². The van der Waals surface area contributed by atoms with Gasteiger partial charge in [0.1, 0.15) is 0 Å². The minimum atomic E-state index is -0.555. The molecule has 0 aromatic rings. The summed E-state index contributed by atoms with van der Waals surface area (Å²) in [6.45, 7) is 3.49. The zero-order valence-corrected chi connectivity index (χ0v) is 7.42. The predicted octanol–water partition coefficient (Wildman–Crippen LogP) is 0.669. The molecular weight excluding hydrogens is 160 g/mol. The fourth-order valence-electron chi connectivity index (χ4n) is 0.540. The number of esters is 2. The van der Waals surface area contributed by atoms with Crippen LogP contribution in [0.2, 0.25) is 0 Å². The highest BCUT2D eigenvalue weighted by atomic mass is 16.5. The molecule has 0 spiro atoms. The summed E-state index contributed by atoms with van der Waals surface area (Å²) in [6.07, 6.45) is 1.10. The number of hydrogen-bond acceptors (Lipinski definition) is 4. The van der Waals surface area contributed by atoms with E-state index >= 15 is 0 Å². The van der Waals surface area contributed by atoms with Crippen LogP contribution < -0.4 is 0 Å². The van der Waals surface area contributed by atoms with Gasteiger partial charge in [-0.3, -0.25) is 0 Å². The van der Waals surface area contributed by atoms with E-state index in [0.717, 1.165) is 6.08 Å². The number of carbonyl (C=O) groups is 2. The molecule has 0 amide bonds. The molecule has 0 N–H and O–H groups in total. The third-order valence-electron chi connectivity index (χ3n) is 1.13. The van der Waals surface area contributed by atoms with Crippen LogP contribution in [0.5, 0.6) is 0 Å². The fraction of sp³-hybridized carbons (Fsp3) is 0.500. The molecule has 0 atom stereocenters. The van der Waals surface area contributed by atoms with E-state index in [4.69, 9.17) is 0 Å². The summed E-state index contributed by atoms with van der Waals surface area (Å²) in [7, 11) is 1.25. The van der Waals surface area contributed by atoms with E-state index in [1.165, 1.54) is 14.0 Å². The third-order valence-corrected chi connectivity index (χ3v) is 1.13. The fourth-order valence-corrected chi connectivity index (χ4v) is 0.540. The summed E-state index contributed by atoms with van der Waals surface area (Å²) in [4.78, 5) is 21.5. The van der Waals surface area contributed by atoms with Crippen LogP contribution in [0, 0.1) is 0 Å². The summed E-state index contributed by atoms with van der Waals surface area (Å²) in [6, 6.07) is 0. The van der Waals surface area contributed by atoms with Crippen LogP contribution in [0.25, 0.3) is 0 Å². The van der Waals surface area contributed by atoms with Crippen molar-refractivity contribution in [2.24, 2.45) is 0 Å². The van der Waals surface area contributed by atoms with Gasteiger partial charge >= 0.3 is 11.9 Å². The molecule has 0 heterocycles. The SMILES string of the molecule is CCOC(=O)/C(C)=C/C(=O)OC. The maximum Gasteiger partial charge on any atom is 0.333 e. The Labute approximate surface area is 71.2 Å². The van der Waals surface area contributed by atoms with Gasteiger partial charge < -0.3 is 9.47 Å². The molecule has 0 aromatic heterocycles. The smallest absolute Gasteiger partial charge is 0.333 e. The average Bonchev–Trinajstić information content (AvgIpc) is 2.04. The molecule has 0 aliphatic heterocycles. The molecule has 0 aliphatic rings. The highest BCUT2D eigenvalue weighted by molar-refractivity contribution is 5.95. The molecule has 0 aliphatic carbocycles. The maximum absolute atomic E-state index is 10.9. The van der Waals surface area contributed by atoms with Gasteiger partial charge in [0.25, 0.3) is 0 Å². The van der Waals surface area contributed by atoms with Gasteiger partial charge in [-0.2, -0.15) is 0 Å². The summed E-state index contributed by atoms with van der Waals surface area (Å²) >= 11 is 0. The highest BCUT2D eigenvalue weighted by Gasteiger charge is 2.06. The van der Waals surface area contributed by atoms with E-state index in [0.29, 0.717) is 6.61 Å². The second-order valence-electron chi connectivity index (χ2n) is 2.07. The topological polar surface area (TPSA) is 52.6 Å². The summed E-state index contributed by atoms with van der Waals surface area (Å²) in [5.74, 6) is -1.05. The van der Waals surface area contributed by atoms with Gasteiger partial charge in [0.05, 0.1) is 13.7 Å². The molecule has 0 rings (SSSR count). The predicted molar refractivity (Wildman–Crippen MR) is 42.4 cm³/mol. The van der Waals surface area contributed by atoms with Crippen molar-refractivity contribution < 1.29 is 19.1 Å². The van der Waals surface area contributed by atoms with Crippen LogP contribution in [-0.4, -0.2) is 25.7 Å². The Morgan fingerprint density at radius 2 is 2.00 bits per heavy atom. The molecule has 0 saturated carbocycles. The molecule has 0 unspecified atom stereocenters. The van der Waals surface area contributed by atoms with Crippen LogP contribution in [0.3, 0.4) is 0 Å². The number of ether oxygens (including phenoxy) is 2. The van der Waals surface area contributed by atoms with E-state index in [1.807, 2.05) is 0 Å². The normalized spacial score (nSPS) is 10.8. The van der Waals surface area contributed by atoms with Crippen molar-refractivity contribution in [1.29, 1.82) is 0 Å². The molecule has 0 saturated heterocycles. The van der Waals surface area contributed by atoms with Crippen molar-refractivity contribution >= 4 is 11.9 Å². The number of rotatable bonds is 3. The zero-order valence-electron chi connectivity index (χ0n) is 7.42. The van der Waals surface area contributed by atoms with Crippen LogP contribution in [-0.2, 0) is 19.1 Å². The summed E-state index contributed by atoms with van der Waals surface area (Å²) < 4.78 is 8.96. The minimum Gasteiger partial charge on any atom is -0.466 e. The van der Waals surface area contributed by atoms with Gasteiger partial charge in [0.2, 0.25) is 0 Å². The lowest BCUT2D eigenvalue weighted by molar-refractivity contribution is -0.140. The van der Waals surface area contributed by atoms with E-state index in [-0.39, 0.29) is 5.57 Å². The molecule has 4 heteroatoms. The maximum atomic E-state index is 10.9. The Bertz CT molecular complexity index is 205. The minimum absolute atomic E-state index is 0.240. The highest BCUT2D eigenvalue weighted by Crippen LogP contribution is 1.96. The first-order valence-corrected chi connectivity index (χ1v) is 3.55. The Balaban J connectivity index is 4.17. The first kappa shape index (κ1) is 10.7. The van der Waals surface area contributed by atoms with Gasteiger partial charge in [-0.05, 0) is 13.8 Å². The lowest BCUT2D eigenvalue weighted by Gasteiger charge is -1.99. The third kappa shape index (κ3) is 3.75. The summed E-state index contributed by atoms with van der Waals surface area (Å²) in [5, 5.41) is 0. The van der Waals surface area contributed by atoms with Crippen LogP contribution in [0.4, 0.5) is 0 Å². The molecule has 68 valence electrons. The standard InChI is InChI=1S/C8H12O4/c1-4-12-8(10)6(2)5-7(9)11-3/h5H,4H2,1-3H3/b6-5+. The van der Waals surface area contributed by atoms with Gasteiger partial charge in [0.15, 0.2) is 0 Å². The van der Waals surface area contributed by atoms with E-state index in [2.05, 4.69) is 9.47 Å². The Morgan fingerprint density at radius 1 is 1.42 bits per heavy atom. The van der Waals surface area contributed by atoms with Crippen molar-refractivity contribution in [3.63, 3.8) is 0 Å². The average molecular weight is 172 g/mol. The first-order valence-electron chi connectivity index (χ1n) is 3.55. The van der Waals surface area contributed by atoms with Crippen LogP contribution in [0.1, 0.15) is 13.8 Å². The molecule has 12 heavy (non-hydrogen) atoms. The van der Waals surface area contributed by atoms with Gasteiger partial charge in [-0.15, -0.1) is 0 Å². The lowest BCUT2D eigenvalue weighted by Crippen LogP contribution is -2.07. The second kappa shape index (κ2) is 5.35. The van der Waals surface area contributed by atoms with Crippen molar-refractivity contribution in [3.8, 4) is 0 Å². The first-order chi connectivity index (χ1) is 5.61. The van der Waals surface area contributed by atoms with Crippen molar-refractivity contribution in [2.75, 3.05) is 13.7 Å². The molecule has 0 fully saturated rings.